The van der Waals surface area contributed by atoms with Gasteiger partial charge in [-0.1, -0.05) is 6.07 Å². The number of pyridine rings is 1. The Morgan fingerprint density at radius 1 is 1.03 bits per heavy atom. The molecule has 0 spiro atoms. The second-order valence-corrected chi connectivity index (χ2v) is 6.51. The monoisotopic (exact) mass is 404 g/mol. The highest BCUT2D eigenvalue weighted by Gasteiger charge is 2.31. The van der Waals surface area contributed by atoms with Crippen LogP contribution in [0.15, 0.2) is 59.5 Å². The highest BCUT2D eigenvalue weighted by Crippen LogP contribution is 2.31. The lowest BCUT2D eigenvalue weighted by Crippen LogP contribution is -2.17. The first-order valence-corrected chi connectivity index (χ1v) is 8.59. The van der Waals surface area contributed by atoms with Gasteiger partial charge in [-0.2, -0.15) is 13.2 Å². The summed E-state index contributed by atoms with van der Waals surface area (Å²) in [6, 6.07) is 9.41. The maximum Gasteiger partial charge on any atom is 0.416 e. The van der Waals surface area contributed by atoms with E-state index in [4.69, 9.17) is 0 Å². The Hall–Kier alpha value is -3.42. The lowest BCUT2D eigenvalue weighted by atomic mass is 9.94. The Morgan fingerprint density at radius 3 is 2.45 bits per heavy atom. The van der Waals surface area contributed by atoms with Crippen molar-refractivity contribution in [3.8, 4) is 0 Å². The number of nitrogens with one attached hydrogen (secondary N) is 2. The minimum absolute atomic E-state index is 0.00809. The summed E-state index contributed by atoms with van der Waals surface area (Å²) >= 11 is 0. The van der Waals surface area contributed by atoms with Crippen LogP contribution in [0.5, 0.6) is 0 Å². The second-order valence-electron chi connectivity index (χ2n) is 6.51. The maximum atomic E-state index is 13.3. The minimum atomic E-state index is -4.58. The minimum Gasteiger partial charge on any atom is -0.329 e. The summed E-state index contributed by atoms with van der Waals surface area (Å²) in [7, 11) is 0. The highest BCUT2D eigenvalue weighted by molar-refractivity contribution is 6.05. The van der Waals surface area contributed by atoms with Crippen LogP contribution in [0.4, 0.5) is 23.2 Å². The number of carbonyl (C=O) groups is 1. The molecule has 1 heterocycles. The average Bonchev–Trinajstić information content (AvgIpc) is 2.63. The summed E-state index contributed by atoms with van der Waals surface area (Å²) in [5.41, 5.74) is 0.207. The lowest BCUT2D eigenvalue weighted by Gasteiger charge is -2.15. The molecule has 0 bridgehead atoms. The Morgan fingerprint density at radius 2 is 1.79 bits per heavy atom. The molecule has 3 aromatic rings. The fourth-order valence-electron chi connectivity index (χ4n) is 2.92. The number of aromatic amines is 1. The molecule has 3 rings (SSSR count). The molecule has 0 aliphatic heterocycles. The molecule has 0 fully saturated rings. The van der Waals surface area contributed by atoms with Gasteiger partial charge in [0.1, 0.15) is 5.82 Å². The number of H-pyrrole nitrogens is 1. The standard InChI is InChI=1S/C21H16F4N2O2/c1-12-8-16(22)4-2-13(12)9-14-10-15(21(23,24)25)3-5-18(14)20(29)27-17-6-7-26-19(28)11-17/h2-8,10-11H,9H2,1H3,(H2,26,27,28,29). The highest BCUT2D eigenvalue weighted by atomic mass is 19.4. The molecule has 0 saturated carbocycles. The Bertz CT molecular complexity index is 1120. The van der Waals surface area contributed by atoms with Gasteiger partial charge in [0.25, 0.3) is 5.91 Å². The van der Waals surface area contributed by atoms with Gasteiger partial charge >= 0.3 is 6.18 Å². The van der Waals surface area contributed by atoms with Crippen LogP contribution in [0.2, 0.25) is 0 Å². The number of benzene rings is 2. The van der Waals surface area contributed by atoms with E-state index >= 15 is 0 Å². The lowest BCUT2D eigenvalue weighted by molar-refractivity contribution is -0.137. The number of hydrogen-bond acceptors (Lipinski definition) is 2. The molecule has 150 valence electrons. The van der Waals surface area contributed by atoms with Crippen molar-refractivity contribution < 1.29 is 22.4 Å². The van der Waals surface area contributed by atoms with Gasteiger partial charge < -0.3 is 10.3 Å². The zero-order valence-corrected chi connectivity index (χ0v) is 15.2. The molecule has 29 heavy (non-hydrogen) atoms. The van der Waals surface area contributed by atoms with Crippen molar-refractivity contribution in [2.45, 2.75) is 19.5 Å². The zero-order valence-electron chi connectivity index (χ0n) is 15.2. The molecule has 0 atom stereocenters. The van der Waals surface area contributed by atoms with Crippen molar-refractivity contribution in [1.29, 1.82) is 0 Å². The van der Waals surface area contributed by atoms with Crippen molar-refractivity contribution in [3.63, 3.8) is 0 Å². The van der Waals surface area contributed by atoms with Crippen molar-refractivity contribution in [2.24, 2.45) is 0 Å². The predicted octanol–water partition coefficient (Wildman–Crippen LogP) is 4.68. The normalized spacial score (nSPS) is 11.3. The van der Waals surface area contributed by atoms with Crippen molar-refractivity contribution in [2.75, 3.05) is 5.32 Å². The first-order valence-electron chi connectivity index (χ1n) is 8.59. The number of aromatic nitrogens is 1. The largest absolute Gasteiger partial charge is 0.416 e. The zero-order chi connectivity index (χ0) is 21.2. The first kappa shape index (κ1) is 20.3. The third-order valence-electron chi connectivity index (χ3n) is 4.40. The smallest absolute Gasteiger partial charge is 0.329 e. The Balaban J connectivity index is 2.01. The van der Waals surface area contributed by atoms with Crippen molar-refractivity contribution >= 4 is 11.6 Å². The van der Waals surface area contributed by atoms with Gasteiger partial charge in [-0.05, 0) is 66.4 Å². The maximum absolute atomic E-state index is 13.3. The number of rotatable bonds is 4. The molecule has 0 aliphatic carbocycles. The van der Waals surface area contributed by atoms with E-state index in [-0.39, 0.29) is 23.2 Å². The number of aryl methyl sites for hydroxylation is 1. The molecule has 0 unspecified atom stereocenters. The van der Waals surface area contributed by atoms with Crippen molar-refractivity contribution in [3.05, 3.63) is 98.7 Å². The Kier molecular flexibility index (Phi) is 5.54. The third kappa shape index (κ3) is 4.90. The van der Waals surface area contributed by atoms with Gasteiger partial charge in [0.15, 0.2) is 0 Å². The molecule has 1 amide bonds. The van der Waals surface area contributed by atoms with Gasteiger partial charge in [-0.15, -0.1) is 0 Å². The molecule has 0 aliphatic rings. The number of amides is 1. The number of carbonyl (C=O) groups excluding carboxylic acids is 1. The first-order chi connectivity index (χ1) is 13.6. The van der Waals surface area contributed by atoms with Gasteiger partial charge in [-0.3, -0.25) is 9.59 Å². The van der Waals surface area contributed by atoms with E-state index in [1.807, 2.05) is 0 Å². The van der Waals surface area contributed by atoms with Crippen LogP contribution < -0.4 is 10.9 Å². The van der Waals surface area contributed by atoms with E-state index in [9.17, 15) is 27.2 Å². The molecular weight excluding hydrogens is 388 g/mol. The number of anilines is 1. The van der Waals surface area contributed by atoms with Gasteiger partial charge in [0.05, 0.1) is 5.56 Å². The van der Waals surface area contributed by atoms with E-state index in [0.29, 0.717) is 11.1 Å². The van der Waals surface area contributed by atoms with E-state index in [0.717, 1.165) is 24.3 Å². The molecule has 4 nitrogen and oxygen atoms in total. The Labute approximate surface area is 163 Å². The molecule has 0 radical (unpaired) electrons. The number of hydrogen-bond donors (Lipinski definition) is 2. The van der Waals surface area contributed by atoms with Crippen LogP contribution in [0.3, 0.4) is 0 Å². The van der Waals surface area contributed by atoms with Crippen LogP contribution in [0.25, 0.3) is 0 Å². The fraction of sp³-hybridized carbons (Fsp3) is 0.143. The van der Waals surface area contributed by atoms with E-state index in [1.165, 1.54) is 30.5 Å². The van der Waals surface area contributed by atoms with Crippen LogP contribution >= 0.6 is 0 Å². The molecule has 2 aromatic carbocycles. The van der Waals surface area contributed by atoms with Crippen molar-refractivity contribution in [1.82, 2.24) is 4.98 Å². The molecule has 8 heteroatoms. The number of alkyl halides is 3. The third-order valence-corrected chi connectivity index (χ3v) is 4.40. The summed E-state index contributed by atoms with van der Waals surface area (Å²) in [6.07, 6.45) is -3.23. The van der Waals surface area contributed by atoms with E-state index in [1.54, 1.807) is 6.92 Å². The average molecular weight is 404 g/mol. The SMILES string of the molecule is Cc1cc(F)ccc1Cc1cc(C(F)(F)F)ccc1C(=O)Nc1cc[nH]c(=O)c1. The fourth-order valence-corrected chi connectivity index (χ4v) is 2.92. The van der Waals surface area contributed by atoms with E-state index < -0.39 is 29.0 Å². The van der Waals surface area contributed by atoms with Gasteiger partial charge in [0.2, 0.25) is 5.56 Å². The van der Waals surface area contributed by atoms with Gasteiger partial charge in [0, 0.05) is 23.5 Å². The van der Waals surface area contributed by atoms with Crippen LogP contribution in [-0.4, -0.2) is 10.9 Å². The van der Waals surface area contributed by atoms with Gasteiger partial charge in [-0.25, -0.2) is 4.39 Å². The number of halogens is 4. The molecule has 2 N–H and O–H groups in total. The second kappa shape index (κ2) is 7.90. The van der Waals surface area contributed by atoms with Crippen LogP contribution in [0, 0.1) is 12.7 Å². The molecule has 1 aromatic heterocycles. The van der Waals surface area contributed by atoms with E-state index in [2.05, 4.69) is 10.3 Å². The topological polar surface area (TPSA) is 62.0 Å². The van der Waals surface area contributed by atoms with Crippen LogP contribution in [0.1, 0.15) is 32.6 Å². The summed E-state index contributed by atoms with van der Waals surface area (Å²) in [4.78, 5) is 26.4. The summed E-state index contributed by atoms with van der Waals surface area (Å²) in [5, 5.41) is 2.51. The summed E-state index contributed by atoms with van der Waals surface area (Å²) in [5.74, 6) is -1.11. The molecule has 0 saturated heterocycles. The van der Waals surface area contributed by atoms with Crippen LogP contribution in [-0.2, 0) is 12.6 Å². The summed E-state index contributed by atoms with van der Waals surface area (Å²) in [6.45, 7) is 1.64. The predicted molar refractivity (Wildman–Crippen MR) is 100 cm³/mol. The molecular formula is C21H16F4N2O2. The summed E-state index contributed by atoms with van der Waals surface area (Å²) < 4.78 is 52.9. The quantitative estimate of drug-likeness (QED) is 0.620.